The Bertz CT molecular complexity index is 240. The summed E-state index contributed by atoms with van der Waals surface area (Å²) in [5, 5.41) is 2.96. The third kappa shape index (κ3) is 5.02. The normalized spacial score (nSPS) is 21.2. The number of morpholine rings is 1. The SMILES string of the molecule is CC(C)C[C@H](N)C(=O)NC(C)N1CCOCC1. The molecule has 1 amide bonds. The first-order valence-electron chi connectivity index (χ1n) is 6.38. The van der Waals surface area contributed by atoms with Gasteiger partial charge in [-0.2, -0.15) is 0 Å². The minimum atomic E-state index is -0.404. The number of nitrogens with zero attached hydrogens (tertiary/aromatic N) is 1. The molecular weight excluding hydrogens is 218 g/mol. The molecule has 0 aliphatic carbocycles. The van der Waals surface area contributed by atoms with Gasteiger partial charge in [-0.15, -0.1) is 0 Å². The lowest BCUT2D eigenvalue weighted by molar-refractivity contribution is -0.125. The van der Waals surface area contributed by atoms with Gasteiger partial charge in [0.25, 0.3) is 0 Å². The monoisotopic (exact) mass is 243 g/mol. The van der Waals surface area contributed by atoms with Gasteiger partial charge in [0.1, 0.15) is 0 Å². The van der Waals surface area contributed by atoms with Gasteiger partial charge in [-0.05, 0) is 19.3 Å². The molecule has 17 heavy (non-hydrogen) atoms. The summed E-state index contributed by atoms with van der Waals surface area (Å²) in [6.07, 6.45) is 0.756. The van der Waals surface area contributed by atoms with Crippen molar-refractivity contribution in [1.29, 1.82) is 0 Å². The number of hydrogen-bond acceptors (Lipinski definition) is 4. The summed E-state index contributed by atoms with van der Waals surface area (Å²) in [4.78, 5) is 14.0. The van der Waals surface area contributed by atoms with Crippen LogP contribution in [0.4, 0.5) is 0 Å². The van der Waals surface area contributed by atoms with Gasteiger partial charge < -0.3 is 15.8 Å². The summed E-state index contributed by atoms with van der Waals surface area (Å²) >= 11 is 0. The van der Waals surface area contributed by atoms with Crippen LogP contribution in [0.5, 0.6) is 0 Å². The van der Waals surface area contributed by atoms with Crippen molar-refractivity contribution in [3.8, 4) is 0 Å². The molecule has 0 radical (unpaired) electrons. The Morgan fingerprint density at radius 2 is 1.94 bits per heavy atom. The summed E-state index contributed by atoms with van der Waals surface area (Å²) in [5.74, 6) is 0.382. The fourth-order valence-corrected chi connectivity index (χ4v) is 1.98. The Morgan fingerprint density at radius 3 is 2.47 bits per heavy atom. The molecule has 1 unspecified atom stereocenters. The number of nitrogens with two attached hydrogens (primary N) is 1. The van der Waals surface area contributed by atoms with Crippen LogP contribution >= 0.6 is 0 Å². The van der Waals surface area contributed by atoms with Crippen molar-refractivity contribution >= 4 is 5.91 Å². The van der Waals surface area contributed by atoms with Crippen molar-refractivity contribution in [1.82, 2.24) is 10.2 Å². The van der Waals surface area contributed by atoms with E-state index in [9.17, 15) is 4.79 Å². The highest BCUT2D eigenvalue weighted by atomic mass is 16.5. The molecule has 0 aromatic carbocycles. The van der Waals surface area contributed by atoms with Gasteiger partial charge in [0.15, 0.2) is 0 Å². The number of hydrogen-bond donors (Lipinski definition) is 2. The first-order chi connectivity index (χ1) is 8.00. The van der Waals surface area contributed by atoms with Crippen LogP contribution in [0.25, 0.3) is 0 Å². The van der Waals surface area contributed by atoms with E-state index >= 15 is 0 Å². The van der Waals surface area contributed by atoms with Crippen LogP contribution in [0.3, 0.4) is 0 Å². The Balaban J connectivity index is 2.33. The van der Waals surface area contributed by atoms with E-state index in [0.29, 0.717) is 5.92 Å². The molecule has 0 bridgehead atoms. The van der Waals surface area contributed by atoms with Crippen LogP contribution in [0.1, 0.15) is 27.2 Å². The van der Waals surface area contributed by atoms with Gasteiger partial charge in [-0.1, -0.05) is 13.8 Å². The lowest BCUT2D eigenvalue weighted by Gasteiger charge is -2.33. The van der Waals surface area contributed by atoms with Crippen LogP contribution in [0, 0.1) is 5.92 Å². The standard InChI is InChI=1S/C12H25N3O2/c1-9(2)8-11(13)12(16)14-10(3)15-4-6-17-7-5-15/h9-11H,4-8,13H2,1-3H3,(H,14,16)/t10?,11-/m0/s1. The van der Waals surface area contributed by atoms with Crippen molar-refractivity contribution in [2.45, 2.75) is 39.4 Å². The smallest absolute Gasteiger partial charge is 0.238 e. The van der Waals surface area contributed by atoms with Gasteiger partial charge in [0.2, 0.25) is 5.91 Å². The highest BCUT2D eigenvalue weighted by molar-refractivity contribution is 5.81. The second kappa shape index (κ2) is 6.93. The van der Waals surface area contributed by atoms with Crippen molar-refractivity contribution < 1.29 is 9.53 Å². The number of rotatable bonds is 5. The first kappa shape index (κ1) is 14.4. The number of carbonyl (C=O) groups excluding carboxylic acids is 1. The average Bonchev–Trinajstić information content (AvgIpc) is 2.29. The summed E-state index contributed by atoms with van der Waals surface area (Å²) in [6.45, 7) is 9.32. The van der Waals surface area contributed by atoms with E-state index in [1.165, 1.54) is 0 Å². The molecule has 0 aromatic rings. The molecular formula is C12H25N3O2. The molecule has 1 rings (SSSR count). The number of amides is 1. The van der Waals surface area contributed by atoms with Crippen molar-refractivity contribution in [3.05, 3.63) is 0 Å². The number of carbonyl (C=O) groups is 1. The summed E-state index contributed by atoms with van der Waals surface area (Å²) in [6, 6.07) is -0.404. The number of ether oxygens (including phenoxy) is 1. The average molecular weight is 243 g/mol. The Kier molecular flexibility index (Phi) is 5.88. The topological polar surface area (TPSA) is 67.6 Å². The Labute approximate surface area is 104 Å². The molecule has 1 aliphatic heterocycles. The Hall–Kier alpha value is -0.650. The van der Waals surface area contributed by atoms with E-state index in [0.717, 1.165) is 32.7 Å². The molecule has 5 heteroatoms. The van der Waals surface area contributed by atoms with E-state index in [-0.39, 0.29) is 12.1 Å². The maximum Gasteiger partial charge on any atom is 0.238 e. The third-order valence-electron chi connectivity index (χ3n) is 3.01. The van der Waals surface area contributed by atoms with E-state index in [4.69, 9.17) is 10.5 Å². The van der Waals surface area contributed by atoms with E-state index in [1.807, 2.05) is 6.92 Å². The van der Waals surface area contributed by atoms with Gasteiger partial charge in [-0.3, -0.25) is 9.69 Å². The Morgan fingerprint density at radius 1 is 1.35 bits per heavy atom. The third-order valence-corrected chi connectivity index (χ3v) is 3.01. The van der Waals surface area contributed by atoms with Crippen molar-refractivity contribution in [3.63, 3.8) is 0 Å². The quantitative estimate of drug-likeness (QED) is 0.721. The van der Waals surface area contributed by atoms with Crippen LogP contribution in [0.2, 0.25) is 0 Å². The molecule has 5 nitrogen and oxygen atoms in total. The maximum absolute atomic E-state index is 11.8. The molecule has 1 heterocycles. The van der Waals surface area contributed by atoms with E-state index in [2.05, 4.69) is 24.1 Å². The molecule has 100 valence electrons. The minimum absolute atomic E-state index is 0.0320. The summed E-state index contributed by atoms with van der Waals surface area (Å²) in [5.41, 5.74) is 5.84. The molecule has 1 aliphatic rings. The van der Waals surface area contributed by atoms with Gasteiger partial charge in [0, 0.05) is 13.1 Å². The van der Waals surface area contributed by atoms with Gasteiger partial charge in [-0.25, -0.2) is 0 Å². The molecule has 3 N–H and O–H groups in total. The second-order valence-electron chi connectivity index (χ2n) is 5.07. The fourth-order valence-electron chi connectivity index (χ4n) is 1.98. The summed E-state index contributed by atoms with van der Waals surface area (Å²) < 4.78 is 5.28. The van der Waals surface area contributed by atoms with Crippen molar-refractivity contribution in [2.75, 3.05) is 26.3 Å². The van der Waals surface area contributed by atoms with Gasteiger partial charge in [0.05, 0.1) is 25.4 Å². The molecule has 1 saturated heterocycles. The molecule has 2 atom stereocenters. The first-order valence-corrected chi connectivity index (χ1v) is 6.38. The minimum Gasteiger partial charge on any atom is -0.379 e. The molecule has 0 aromatic heterocycles. The zero-order valence-corrected chi connectivity index (χ0v) is 11.1. The van der Waals surface area contributed by atoms with Gasteiger partial charge >= 0.3 is 0 Å². The zero-order chi connectivity index (χ0) is 12.8. The highest BCUT2D eigenvalue weighted by Gasteiger charge is 2.21. The predicted octanol–water partition coefficient (Wildman–Crippen LogP) is 0.154. The second-order valence-corrected chi connectivity index (χ2v) is 5.07. The predicted molar refractivity (Wildman–Crippen MR) is 67.4 cm³/mol. The maximum atomic E-state index is 11.8. The van der Waals surface area contributed by atoms with Crippen molar-refractivity contribution in [2.24, 2.45) is 11.7 Å². The molecule has 1 fully saturated rings. The lowest BCUT2D eigenvalue weighted by Crippen LogP contribution is -2.54. The lowest BCUT2D eigenvalue weighted by atomic mass is 10.0. The molecule has 0 spiro atoms. The van der Waals surface area contributed by atoms with Crippen LogP contribution < -0.4 is 11.1 Å². The zero-order valence-electron chi connectivity index (χ0n) is 11.1. The fraction of sp³-hybridized carbons (Fsp3) is 0.917. The van der Waals surface area contributed by atoms with E-state index < -0.39 is 6.04 Å². The van der Waals surface area contributed by atoms with Crippen LogP contribution in [-0.2, 0) is 9.53 Å². The largest absolute Gasteiger partial charge is 0.379 e. The highest BCUT2D eigenvalue weighted by Crippen LogP contribution is 2.05. The summed E-state index contributed by atoms with van der Waals surface area (Å²) in [7, 11) is 0. The van der Waals surface area contributed by atoms with Crippen LogP contribution in [0.15, 0.2) is 0 Å². The number of nitrogens with one attached hydrogen (secondary N) is 1. The van der Waals surface area contributed by atoms with Crippen LogP contribution in [-0.4, -0.2) is 49.3 Å². The molecule has 0 saturated carbocycles. The van der Waals surface area contributed by atoms with E-state index in [1.54, 1.807) is 0 Å².